The van der Waals surface area contributed by atoms with Crippen LogP contribution in [0.5, 0.6) is 5.75 Å². The van der Waals surface area contributed by atoms with Crippen molar-refractivity contribution in [2.45, 2.75) is 37.1 Å². The van der Waals surface area contributed by atoms with E-state index in [1.165, 1.54) is 11.1 Å². The van der Waals surface area contributed by atoms with Crippen LogP contribution in [0.3, 0.4) is 0 Å². The number of rotatable bonds is 10. The summed E-state index contributed by atoms with van der Waals surface area (Å²) >= 11 is 0. The van der Waals surface area contributed by atoms with Crippen molar-refractivity contribution in [2.75, 3.05) is 19.8 Å². The highest BCUT2D eigenvalue weighted by atomic mass is 32.2. The van der Waals surface area contributed by atoms with Gasteiger partial charge in [-0.25, -0.2) is 18.4 Å². The average Bonchev–Trinajstić information content (AvgIpc) is 3.54. The maximum Gasteiger partial charge on any atom is 0.320 e. The number of para-hydroxylation sites is 1. The monoisotopic (exact) mass is 512 g/mol. The summed E-state index contributed by atoms with van der Waals surface area (Å²) in [7, 11) is -4.31. The molecule has 0 spiro atoms. The summed E-state index contributed by atoms with van der Waals surface area (Å²) < 4.78 is 57.4. The number of nitrogens with zero attached hydrogens (tertiary/aromatic N) is 6. The molecule has 1 atom stereocenters. The van der Waals surface area contributed by atoms with Gasteiger partial charge in [-0.2, -0.15) is 17.6 Å². The Bertz CT molecular complexity index is 1290. The topological polar surface area (TPSA) is 153 Å². The Hall–Kier alpha value is -3.43. The highest BCUT2D eigenvalue weighted by molar-refractivity contribution is 7.89. The molecule has 15 heteroatoms. The molecule has 12 nitrogen and oxygen atoms in total. The zero-order chi connectivity index (χ0) is 25.2. The van der Waals surface area contributed by atoms with E-state index in [0.29, 0.717) is 26.7 Å². The van der Waals surface area contributed by atoms with Gasteiger partial charge in [0.2, 0.25) is 5.91 Å². The van der Waals surface area contributed by atoms with E-state index >= 15 is 0 Å². The number of aliphatic hydroxyl groups excluding tert-OH is 2. The van der Waals surface area contributed by atoms with Crippen LogP contribution < -0.4 is 4.74 Å². The van der Waals surface area contributed by atoms with Gasteiger partial charge < -0.3 is 19.8 Å². The van der Waals surface area contributed by atoms with E-state index in [9.17, 15) is 27.1 Å². The summed E-state index contributed by atoms with van der Waals surface area (Å²) in [6, 6.07) is 6.68. The van der Waals surface area contributed by atoms with Gasteiger partial charge in [-0.3, -0.25) is 4.79 Å². The average molecular weight is 512 g/mol. The van der Waals surface area contributed by atoms with Crippen molar-refractivity contribution in [2.24, 2.45) is 0 Å². The van der Waals surface area contributed by atoms with Gasteiger partial charge in [0.15, 0.2) is 0 Å². The van der Waals surface area contributed by atoms with Gasteiger partial charge in [0.05, 0.1) is 31.4 Å². The van der Waals surface area contributed by atoms with E-state index < -0.39 is 46.6 Å². The number of fused-ring (bicyclic) bond motifs is 1. The lowest BCUT2D eigenvalue weighted by molar-refractivity contribution is -0.134. The molecule has 0 saturated heterocycles. The summed E-state index contributed by atoms with van der Waals surface area (Å²) in [6.45, 7) is -1.43. The molecule has 1 amide bonds. The molecule has 1 aromatic carbocycles. The smallest absolute Gasteiger partial charge is 0.320 e. The van der Waals surface area contributed by atoms with Gasteiger partial charge in [0.25, 0.3) is 11.6 Å². The number of halogens is 2. The number of benzene rings is 1. The van der Waals surface area contributed by atoms with E-state index in [2.05, 4.69) is 15.2 Å². The molecule has 2 aromatic heterocycles. The second kappa shape index (κ2) is 10.1. The molecule has 2 N–H and O–H groups in total. The Kier molecular flexibility index (Phi) is 7.09. The molecule has 0 unspecified atom stereocenters. The fraction of sp³-hybridized carbons (Fsp3) is 0.400. The summed E-state index contributed by atoms with van der Waals surface area (Å²) in [4.78, 5) is 18.2. The fourth-order valence-corrected chi connectivity index (χ4v) is 4.73. The molecule has 0 bridgehead atoms. The number of aliphatic hydroxyl groups is 2. The van der Waals surface area contributed by atoms with Gasteiger partial charge in [0, 0.05) is 23.9 Å². The Morgan fingerprint density at radius 2 is 1.94 bits per heavy atom. The van der Waals surface area contributed by atoms with Gasteiger partial charge in [-0.1, -0.05) is 18.2 Å². The first-order valence-electron chi connectivity index (χ1n) is 10.5. The predicted octanol–water partition coefficient (Wildman–Crippen LogP) is -0.0339. The van der Waals surface area contributed by atoms with E-state index in [1.54, 1.807) is 24.3 Å². The maximum absolute atomic E-state index is 13.2. The van der Waals surface area contributed by atoms with Gasteiger partial charge in [-0.05, 0) is 6.07 Å². The molecular weight excluding hydrogens is 490 g/mol. The minimum atomic E-state index is -4.31. The molecule has 0 radical (unpaired) electrons. The molecule has 1 aliphatic heterocycles. The summed E-state index contributed by atoms with van der Waals surface area (Å²) in [6.07, 6.45) is -0.605. The van der Waals surface area contributed by atoms with Crippen molar-refractivity contribution in [3.63, 3.8) is 0 Å². The van der Waals surface area contributed by atoms with Gasteiger partial charge in [0.1, 0.15) is 25.2 Å². The Balaban J connectivity index is 1.50. The number of carbonyl (C=O) groups is 1. The maximum atomic E-state index is 13.2. The van der Waals surface area contributed by atoms with Crippen LogP contribution in [0.25, 0.3) is 0 Å². The van der Waals surface area contributed by atoms with Crippen molar-refractivity contribution in [1.82, 2.24) is 28.9 Å². The second-order valence-corrected chi connectivity index (χ2v) is 9.35. The van der Waals surface area contributed by atoms with Crippen LogP contribution in [0.2, 0.25) is 0 Å². The molecular formula is C20H22F2N6O6S. The zero-order valence-corrected chi connectivity index (χ0v) is 19.1. The minimum absolute atomic E-state index is 0.000101. The molecule has 0 fully saturated rings. The molecule has 1 aliphatic rings. The molecule has 35 heavy (non-hydrogen) atoms. The van der Waals surface area contributed by atoms with Crippen LogP contribution in [0.1, 0.15) is 22.7 Å². The lowest BCUT2D eigenvalue weighted by Crippen LogP contribution is -2.33. The molecule has 0 saturated carbocycles. The number of amides is 1. The van der Waals surface area contributed by atoms with Crippen LogP contribution in [-0.2, 0) is 34.5 Å². The summed E-state index contributed by atoms with van der Waals surface area (Å²) in [5.74, 6) is -0.985. The number of ether oxygens (including phenoxy) is 1. The largest absolute Gasteiger partial charge is 0.491 e. The first-order chi connectivity index (χ1) is 16.7. The van der Waals surface area contributed by atoms with Crippen molar-refractivity contribution in [1.29, 1.82) is 0 Å². The summed E-state index contributed by atoms with van der Waals surface area (Å²) in [5.41, 5.74) is 1.25. The predicted molar refractivity (Wildman–Crippen MR) is 114 cm³/mol. The SMILES string of the molecule is O=C([C@@H](CO)c1ccccc1OCCO)N1Cc2cn(S(=O)(=O)c3ncn(CC(F)F)n3)nc2C1. The third-order valence-corrected chi connectivity index (χ3v) is 6.64. The minimum Gasteiger partial charge on any atom is -0.491 e. The van der Waals surface area contributed by atoms with E-state index in [1.807, 2.05) is 0 Å². The molecule has 4 rings (SSSR count). The number of hydrogen-bond donors (Lipinski definition) is 2. The quantitative estimate of drug-likeness (QED) is 0.381. The summed E-state index contributed by atoms with van der Waals surface area (Å²) in [5, 5.41) is 25.9. The van der Waals surface area contributed by atoms with Crippen molar-refractivity contribution >= 4 is 15.9 Å². The fourth-order valence-electron chi connectivity index (χ4n) is 3.70. The van der Waals surface area contributed by atoms with Crippen LogP contribution in [0, 0.1) is 0 Å². The number of aromatic nitrogens is 5. The van der Waals surface area contributed by atoms with Gasteiger partial charge >= 0.3 is 10.0 Å². The third kappa shape index (κ3) is 5.01. The number of carbonyl (C=O) groups excluding carboxylic acids is 1. The Morgan fingerprint density at radius 3 is 2.63 bits per heavy atom. The van der Waals surface area contributed by atoms with E-state index in [-0.39, 0.29) is 26.3 Å². The van der Waals surface area contributed by atoms with Crippen LogP contribution in [0.4, 0.5) is 8.78 Å². The second-order valence-electron chi connectivity index (χ2n) is 7.66. The highest BCUT2D eigenvalue weighted by Gasteiger charge is 2.35. The lowest BCUT2D eigenvalue weighted by atomic mass is 9.97. The first-order valence-corrected chi connectivity index (χ1v) is 11.9. The molecule has 188 valence electrons. The number of alkyl halides is 2. The van der Waals surface area contributed by atoms with Crippen LogP contribution >= 0.6 is 0 Å². The van der Waals surface area contributed by atoms with Crippen molar-refractivity contribution in [3.8, 4) is 5.75 Å². The van der Waals surface area contributed by atoms with Crippen LogP contribution in [-0.4, -0.2) is 79.6 Å². The zero-order valence-electron chi connectivity index (χ0n) is 18.2. The molecule has 3 aromatic rings. The lowest BCUT2D eigenvalue weighted by Gasteiger charge is -2.23. The molecule has 3 heterocycles. The Morgan fingerprint density at radius 1 is 1.17 bits per heavy atom. The van der Waals surface area contributed by atoms with Crippen molar-refractivity contribution < 1.29 is 36.9 Å². The van der Waals surface area contributed by atoms with Crippen molar-refractivity contribution in [3.05, 3.63) is 53.6 Å². The highest BCUT2D eigenvalue weighted by Crippen LogP contribution is 2.31. The van der Waals surface area contributed by atoms with E-state index in [4.69, 9.17) is 9.84 Å². The van der Waals surface area contributed by atoms with E-state index in [0.717, 1.165) is 11.0 Å². The van der Waals surface area contributed by atoms with Crippen LogP contribution in [0.15, 0.2) is 41.9 Å². The Labute approximate surface area is 198 Å². The first kappa shape index (κ1) is 24.7. The normalized spacial score (nSPS) is 14.4. The molecule has 0 aliphatic carbocycles. The third-order valence-electron chi connectivity index (χ3n) is 5.31. The van der Waals surface area contributed by atoms with Gasteiger partial charge in [-0.15, -0.1) is 5.10 Å². The standard InChI is InChI=1S/C20H22F2N6O6S/c21-18(22)10-27-12-23-20(25-27)35(32,33)28-8-13-7-26(9-16(13)24-28)19(31)15(11-30)14-3-1-2-4-17(14)34-6-5-29/h1-4,8,12,15,18,29-30H,5-7,9-11H2/t15-/m0/s1. The number of hydrogen-bond acceptors (Lipinski definition) is 9.